The lowest BCUT2D eigenvalue weighted by Crippen LogP contribution is -2.13. The van der Waals surface area contributed by atoms with Crippen LogP contribution in [0, 0.1) is 17.1 Å². The molecule has 1 saturated carbocycles. The second kappa shape index (κ2) is 8.27. The molecule has 1 aliphatic carbocycles. The van der Waals surface area contributed by atoms with E-state index >= 15 is 0 Å². The Morgan fingerprint density at radius 2 is 2.06 bits per heavy atom. The molecular weight excluding hydrogens is 407 g/mol. The number of rotatable bonds is 7. The molecule has 1 aromatic carbocycles. The fourth-order valence-corrected chi connectivity index (χ4v) is 3.93. The van der Waals surface area contributed by atoms with Crippen molar-refractivity contribution in [2.75, 3.05) is 19.0 Å². The first-order valence-electron chi connectivity index (χ1n) is 10.5. The first-order valence-corrected chi connectivity index (χ1v) is 10.5. The smallest absolute Gasteiger partial charge is 0.147 e. The Labute approximate surface area is 184 Å². The zero-order valence-electron chi connectivity index (χ0n) is 17.5. The number of benzene rings is 1. The molecule has 1 N–H and O–H groups in total. The first-order chi connectivity index (χ1) is 15.7. The summed E-state index contributed by atoms with van der Waals surface area (Å²) in [6, 6.07) is 12.6. The second-order valence-corrected chi connectivity index (χ2v) is 7.76. The normalized spacial score (nSPS) is 13.2. The third-order valence-electron chi connectivity index (χ3n) is 5.69. The van der Waals surface area contributed by atoms with E-state index in [4.69, 9.17) is 4.74 Å². The summed E-state index contributed by atoms with van der Waals surface area (Å²) in [5, 5.41) is 13.4. The Morgan fingerprint density at radius 3 is 2.84 bits per heavy atom. The molecule has 5 rings (SSSR count). The van der Waals surface area contributed by atoms with Crippen LogP contribution in [-0.2, 0) is 6.54 Å². The van der Waals surface area contributed by atoms with Crippen molar-refractivity contribution in [1.82, 2.24) is 19.5 Å². The predicted molar refractivity (Wildman–Crippen MR) is 119 cm³/mol. The number of ether oxygens (including phenoxy) is 1. The van der Waals surface area contributed by atoms with Gasteiger partial charge in [-0.25, -0.2) is 14.4 Å². The van der Waals surface area contributed by atoms with Crippen LogP contribution in [-0.4, -0.2) is 33.2 Å². The standard InChI is InChI=1S/C24H21FN6O/c1-32-22-5-4-19(25)24-18(22)11-17(13-26)31(24)9-8-28-23-12-21(29-14-30-23)16-6-7-27-20(10-16)15-2-3-15/h4-7,10-12,14-15H,2-3,8-9H2,1H3,(H,28,29,30). The average Bonchev–Trinajstić information content (AvgIpc) is 3.61. The highest BCUT2D eigenvalue weighted by Gasteiger charge is 2.25. The summed E-state index contributed by atoms with van der Waals surface area (Å²) in [5.74, 6) is 1.37. The Kier molecular flexibility index (Phi) is 5.15. The van der Waals surface area contributed by atoms with Crippen LogP contribution in [0.15, 0.2) is 48.9 Å². The van der Waals surface area contributed by atoms with Crippen molar-refractivity contribution in [3.63, 3.8) is 0 Å². The van der Waals surface area contributed by atoms with E-state index in [1.165, 1.54) is 32.3 Å². The molecule has 0 radical (unpaired) electrons. The van der Waals surface area contributed by atoms with Gasteiger partial charge in [0.05, 0.1) is 18.3 Å². The molecule has 0 amide bonds. The van der Waals surface area contributed by atoms with Crippen LogP contribution in [0.25, 0.3) is 22.2 Å². The molecule has 0 unspecified atom stereocenters. The van der Waals surface area contributed by atoms with E-state index in [0.717, 1.165) is 17.0 Å². The van der Waals surface area contributed by atoms with Gasteiger partial charge >= 0.3 is 0 Å². The number of nitriles is 1. The van der Waals surface area contributed by atoms with Crippen LogP contribution in [0.5, 0.6) is 5.75 Å². The SMILES string of the molecule is COc1ccc(F)c2c1cc(C#N)n2CCNc1cc(-c2ccnc(C3CC3)c2)ncn1. The van der Waals surface area contributed by atoms with E-state index in [1.54, 1.807) is 16.7 Å². The second-order valence-electron chi connectivity index (χ2n) is 7.76. The Morgan fingerprint density at radius 1 is 1.19 bits per heavy atom. The molecule has 1 aliphatic rings. The maximum atomic E-state index is 14.6. The van der Waals surface area contributed by atoms with E-state index in [2.05, 4.69) is 32.4 Å². The molecular formula is C24H21FN6O. The molecule has 4 aromatic rings. The largest absolute Gasteiger partial charge is 0.496 e. The highest BCUT2D eigenvalue weighted by atomic mass is 19.1. The van der Waals surface area contributed by atoms with Crippen molar-refractivity contribution >= 4 is 16.7 Å². The van der Waals surface area contributed by atoms with E-state index in [1.807, 2.05) is 18.3 Å². The van der Waals surface area contributed by atoms with Gasteiger partial charge in [-0.15, -0.1) is 0 Å². The van der Waals surface area contributed by atoms with Gasteiger partial charge in [0.1, 0.15) is 35.5 Å². The van der Waals surface area contributed by atoms with E-state index in [9.17, 15) is 9.65 Å². The van der Waals surface area contributed by atoms with Gasteiger partial charge < -0.3 is 14.6 Å². The predicted octanol–water partition coefficient (Wildman–Crippen LogP) is 4.50. The van der Waals surface area contributed by atoms with Crippen LogP contribution in [0.1, 0.15) is 30.1 Å². The molecule has 0 saturated heterocycles. The number of halogens is 1. The number of hydrogen-bond acceptors (Lipinski definition) is 6. The minimum absolute atomic E-state index is 0.357. The summed E-state index contributed by atoms with van der Waals surface area (Å²) in [6.45, 7) is 0.839. The van der Waals surface area contributed by atoms with E-state index < -0.39 is 5.82 Å². The molecule has 7 nitrogen and oxygen atoms in total. The van der Waals surface area contributed by atoms with Gasteiger partial charge in [0, 0.05) is 47.9 Å². The van der Waals surface area contributed by atoms with Gasteiger partial charge in [-0.2, -0.15) is 5.26 Å². The number of aromatic nitrogens is 4. The highest BCUT2D eigenvalue weighted by Crippen LogP contribution is 2.39. The van der Waals surface area contributed by atoms with Crippen molar-refractivity contribution in [1.29, 1.82) is 5.26 Å². The molecule has 160 valence electrons. The lowest BCUT2D eigenvalue weighted by atomic mass is 10.1. The van der Waals surface area contributed by atoms with Gasteiger partial charge in [0.25, 0.3) is 0 Å². The van der Waals surface area contributed by atoms with Gasteiger partial charge in [-0.05, 0) is 43.2 Å². The third kappa shape index (κ3) is 3.73. The molecule has 1 fully saturated rings. The van der Waals surface area contributed by atoms with Crippen LogP contribution < -0.4 is 10.1 Å². The zero-order valence-corrected chi connectivity index (χ0v) is 17.5. The average molecular weight is 428 g/mol. The monoisotopic (exact) mass is 428 g/mol. The Hall–Kier alpha value is -3.99. The van der Waals surface area contributed by atoms with E-state index in [0.29, 0.717) is 47.2 Å². The fourth-order valence-electron chi connectivity index (χ4n) is 3.93. The summed E-state index contributed by atoms with van der Waals surface area (Å²) in [6.07, 6.45) is 5.73. The number of fused-ring (bicyclic) bond motifs is 1. The van der Waals surface area contributed by atoms with Crippen molar-refractivity contribution in [2.45, 2.75) is 25.3 Å². The number of methoxy groups -OCH3 is 1. The molecule has 0 spiro atoms. The summed E-state index contributed by atoms with van der Waals surface area (Å²) in [7, 11) is 1.53. The Balaban J connectivity index is 1.35. The van der Waals surface area contributed by atoms with Crippen molar-refractivity contribution in [2.24, 2.45) is 0 Å². The van der Waals surface area contributed by atoms with Crippen molar-refractivity contribution < 1.29 is 9.13 Å². The molecule has 3 heterocycles. The Bertz CT molecular complexity index is 1340. The molecule has 0 aliphatic heterocycles. The molecule has 3 aromatic heterocycles. The topological polar surface area (TPSA) is 88.6 Å². The van der Waals surface area contributed by atoms with Crippen LogP contribution in [0.3, 0.4) is 0 Å². The minimum atomic E-state index is -0.393. The van der Waals surface area contributed by atoms with Crippen molar-refractivity contribution in [3.8, 4) is 23.1 Å². The zero-order chi connectivity index (χ0) is 22.1. The van der Waals surface area contributed by atoms with Gasteiger partial charge in [0.15, 0.2) is 0 Å². The summed E-state index contributed by atoms with van der Waals surface area (Å²) in [5.41, 5.74) is 3.65. The number of nitrogens with zero attached hydrogens (tertiary/aromatic N) is 5. The highest BCUT2D eigenvalue weighted by molar-refractivity contribution is 5.88. The van der Waals surface area contributed by atoms with Crippen LogP contribution in [0.2, 0.25) is 0 Å². The maximum Gasteiger partial charge on any atom is 0.147 e. The van der Waals surface area contributed by atoms with Crippen molar-refractivity contribution in [3.05, 3.63) is 66.1 Å². The molecule has 0 bridgehead atoms. The molecule has 32 heavy (non-hydrogen) atoms. The summed E-state index contributed by atoms with van der Waals surface area (Å²) >= 11 is 0. The summed E-state index contributed by atoms with van der Waals surface area (Å²) < 4.78 is 21.6. The van der Waals surface area contributed by atoms with Gasteiger partial charge in [-0.1, -0.05) is 0 Å². The lowest BCUT2D eigenvalue weighted by Gasteiger charge is -2.11. The number of nitrogens with one attached hydrogen (secondary N) is 1. The first kappa shape index (κ1) is 19.9. The third-order valence-corrected chi connectivity index (χ3v) is 5.69. The number of anilines is 1. The van der Waals surface area contributed by atoms with Crippen LogP contribution in [0.4, 0.5) is 10.2 Å². The molecule has 0 atom stereocenters. The lowest BCUT2D eigenvalue weighted by molar-refractivity contribution is 0.419. The van der Waals surface area contributed by atoms with E-state index in [-0.39, 0.29) is 0 Å². The fraction of sp³-hybridized carbons (Fsp3) is 0.250. The van der Waals surface area contributed by atoms with Crippen LogP contribution >= 0.6 is 0 Å². The van der Waals surface area contributed by atoms with Gasteiger partial charge in [-0.3, -0.25) is 4.98 Å². The summed E-state index contributed by atoms with van der Waals surface area (Å²) in [4.78, 5) is 13.2. The quantitative estimate of drug-likeness (QED) is 0.466. The number of hydrogen-bond donors (Lipinski definition) is 1. The number of pyridine rings is 1. The molecule has 8 heteroatoms. The minimum Gasteiger partial charge on any atom is -0.496 e. The van der Waals surface area contributed by atoms with Gasteiger partial charge in [0.2, 0.25) is 0 Å². The maximum absolute atomic E-state index is 14.6.